The van der Waals surface area contributed by atoms with Crippen molar-refractivity contribution in [3.8, 4) is 6.07 Å². The van der Waals surface area contributed by atoms with Gasteiger partial charge in [-0.25, -0.2) is 4.79 Å². The van der Waals surface area contributed by atoms with Crippen LogP contribution in [0.3, 0.4) is 0 Å². The fraction of sp³-hybridized carbons (Fsp3) is 0.818. The Morgan fingerprint density at radius 1 is 1.53 bits per heavy atom. The molecule has 0 radical (unpaired) electrons. The lowest BCUT2D eigenvalue weighted by molar-refractivity contribution is 0.187. The first-order valence-corrected chi connectivity index (χ1v) is 5.27. The van der Waals surface area contributed by atoms with Crippen LogP contribution in [0.15, 0.2) is 0 Å². The van der Waals surface area contributed by atoms with Crippen molar-refractivity contribution in [2.24, 2.45) is 5.92 Å². The van der Waals surface area contributed by atoms with Crippen molar-refractivity contribution in [1.82, 2.24) is 10.2 Å². The summed E-state index contributed by atoms with van der Waals surface area (Å²) in [5.74, 6) is -0.129. The molecule has 0 rings (SSSR count). The zero-order valence-electron chi connectivity index (χ0n) is 10.3. The first-order chi connectivity index (χ1) is 6.80. The number of amides is 2. The number of carbonyl (C=O) groups excluding carboxylic acids is 1. The van der Waals surface area contributed by atoms with Crippen molar-refractivity contribution in [3.05, 3.63) is 0 Å². The van der Waals surface area contributed by atoms with Gasteiger partial charge in [-0.3, -0.25) is 0 Å². The molecule has 0 aliphatic heterocycles. The summed E-state index contributed by atoms with van der Waals surface area (Å²) in [6.07, 6.45) is 0. The molecule has 2 amide bonds. The molecule has 0 heterocycles. The van der Waals surface area contributed by atoms with E-state index in [0.29, 0.717) is 13.1 Å². The van der Waals surface area contributed by atoms with Gasteiger partial charge in [-0.15, -0.1) is 0 Å². The number of carbonyl (C=O) groups is 1. The maximum atomic E-state index is 11.7. The smallest absolute Gasteiger partial charge is 0.317 e. The zero-order chi connectivity index (χ0) is 12.1. The maximum absolute atomic E-state index is 11.7. The summed E-state index contributed by atoms with van der Waals surface area (Å²) in [4.78, 5) is 13.4. The van der Waals surface area contributed by atoms with Crippen molar-refractivity contribution in [3.63, 3.8) is 0 Å². The van der Waals surface area contributed by atoms with Crippen LogP contribution in [0.4, 0.5) is 4.79 Å². The summed E-state index contributed by atoms with van der Waals surface area (Å²) < 4.78 is 0. The standard InChI is InChI=1S/C11H21N3O/c1-6-14(8-9(2)7-12)10(15)13-11(3,4)5/h9H,6,8H2,1-5H3,(H,13,15). The predicted octanol–water partition coefficient (Wildman–Crippen LogP) is 1.98. The van der Waals surface area contributed by atoms with Crippen LogP contribution in [0.2, 0.25) is 0 Å². The van der Waals surface area contributed by atoms with E-state index in [9.17, 15) is 4.79 Å². The molecule has 1 N–H and O–H groups in total. The Labute approximate surface area is 92.3 Å². The first-order valence-electron chi connectivity index (χ1n) is 5.27. The van der Waals surface area contributed by atoms with Crippen molar-refractivity contribution in [2.45, 2.75) is 40.2 Å². The van der Waals surface area contributed by atoms with E-state index in [0.717, 1.165) is 0 Å². The molecule has 0 aromatic heterocycles. The minimum Gasteiger partial charge on any atom is -0.333 e. The Bertz CT molecular complexity index is 250. The third-order valence-corrected chi connectivity index (χ3v) is 1.87. The molecule has 4 heteroatoms. The fourth-order valence-electron chi connectivity index (χ4n) is 1.13. The number of nitrogens with zero attached hydrogens (tertiary/aromatic N) is 2. The van der Waals surface area contributed by atoms with Crippen LogP contribution in [0, 0.1) is 17.2 Å². The average molecular weight is 211 g/mol. The van der Waals surface area contributed by atoms with Crippen LogP contribution in [0.25, 0.3) is 0 Å². The van der Waals surface area contributed by atoms with Crippen molar-refractivity contribution in [1.29, 1.82) is 5.26 Å². The van der Waals surface area contributed by atoms with Gasteiger partial charge in [0, 0.05) is 18.6 Å². The summed E-state index contributed by atoms with van der Waals surface area (Å²) in [5, 5.41) is 11.6. The van der Waals surface area contributed by atoms with E-state index in [1.54, 1.807) is 4.90 Å². The molecule has 0 saturated carbocycles. The highest BCUT2D eigenvalue weighted by Gasteiger charge is 2.19. The third kappa shape index (κ3) is 5.95. The van der Waals surface area contributed by atoms with E-state index < -0.39 is 0 Å². The Balaban J connectivity index is 4.30. The Morgan fingerprint density at radius 3 is 2.40 bits per heavy atom. The first kappa shape index (κ1) is 13.8. The van der Waals surface area contributed by atoms with Gasteiger partial charge in [-0.2, -0.15) is 5.26 Å². The summed E-state index contributed by atoms with van der Waals surface area (Å²) >= 11 is 0. The highest BCUT2D eigenvalue weighted by molar-refractivity contribution is 5.74. The molecule has 1 atom stereocenters. The van der Waals surface area contributed by atoms with Gasteiger partial charge >= 0.3 is 6.03 Å². The SMILES string of the molecule is CCN(CC(C)C#N)C(=O)NC(C)(C)C. The van der Waals surface area contributed by atoms with Gasteiger partial charge in [0.05, 0.1) is 12.0 Å². The Hall–Kier alpha value is -1.24. The van der Waals surface area contributed by atoms with Crippen LogP contribution in [0.1, 0.15) is 34.6 Å². The van der Waals surface area contributed by atoms with Gasteiger partial charge in [0.15, 0.2) is 0 Å². The number of urea groups is 1. The zero-order valence-corrected chi connectivity index (χ0v) is 10.3. The van der Waals surface area contributed by atoms with Crippen molar-refractivity contribution >= 4 is 6.03 Å². The molecule has 0 bridgehead atoms. The number of hydrogen-bond donors (Lipinski definition) is 1. The molecule has 0 aromatic carbocycles. The second-order valence-corrected chi connectivity index (χ2v) is 4.75. The van der Waals surface area contributed by atoms with E-state index in [1.807, 2.05) is 34.6 Å². The quantitative estimate of drug-likeness (QED) is 0.776. The largest absolute Gasteiger partial charge is 0.333 e. The second-order valence-electron chi connectivity index (χ2n) is 4.75. The topological polar surface area (TPSA) is 56.1 Å². The number of hydrogen-bond acceptors (Lipinski definition) is 2. The van der Waals surface area contributed by atoms with Gasteiger partial charge in [0.25, 0.3) is 0 Å². The molecule has 0 saturated heterocycles. The van der Waals surface area contributed by atoms with Crippen molar-refractivity contribution in [2.75, 3.05) is 13.1 Å². The molecule has 15 heavy (non-hydrogen) atoms. The van der Waals surface area contributed by atoms with E-state index in [2.05, 4.69) is 11.4 Å². The van der Waals surface area contributed by atoms with Crippen LogP contribution in [-0.2, 0) is 0 Å². The van der Waals surface area contributed by atoms with Crippen LogP contribution in [-0.4, -0.2) is 29.6 Å². The van der Waals surface area contributed by atoms with Crippen LogP contribution in [0.5, 0.6) is 0 Å². The lowest BCUT2D eigenvalue weighted by Gasteiger charge is -2.28. The molecule has 0 fully saturated rings. The van der Waals surface area contributed by atoms with Gasteiger partial charge in [-0.1, -0.05) is 0 Å². The molecule has 0 aliphatic carbocycles. The Morgan fingerprint density at radius 2 is 2.07 bits per heavy atom. The van der Waals surface area contributed by atoms with Gasteiger partial charge in [0.1, 0.15) is 0 Å². The molecular weight excluding hydrogens is 190 g/mol. The normalized spacial score (nSPS) is 12.8. The number of nitrogens with one attached hydrogen (secondary N) is 1. The molecule has 0 aromatic rings. The highest BCUT2D eigenvalue weighted by Crippen LogP contribution is 2.03. The van der Waals surface area contributed by atoms with Crippen molar-refractivity contribution < 1.29 is 4.79 Å². The minimum atomic E-state index is -0.236. The second kappa shape index (κ2) is 5.59. The fourth-order valence-corrected chi connectivity index (χ4v) is 1.13. The monoisotopic (exact) mass is 211 g/mol. The maximum Gasteiger partial charge on any atom is 0.317 e. The molecule has 4 nitrogen and oxygen atoms in total. The van der Waals surface area contributed by atoms with E-state index in [1.165, 1.54) is 0 Å². The van der Waals surface area contributed by atoms with E-state index in [-0.39, 0.29) is 17.5 Å². The lowest BCUT2D eigenvalue weighted by atomic mass is 10.1. The van der Waals surface area contributed by atoms with Gasteiger partial charge in [-0.05, 0) is 34.6 Å². The number of rotatable bonds is 3. The highest BCUT2D eigenvalue weighted by atomic mass is 16.2. The Kier molecular flexibility index (Phi) is 5.13. The molecule has 86 valence electrons. The van der Waals surface area contributed by atoms with Gasteiger partial charge < -0.3 is 10.2 Å². The predicted molar refractivity (Wildman–Crippen MR) is 60.3 cm³/mol. The summed E-state index contributed by atoms with van der Waals surface area (Å²) in [5.41, 5.74) is -0.236. The summed E-state index contributed by atoms with van der Waals surface area (Å²) in [7, 11) is 0. The van der Waals surface area contributed by atoms with Crippen LogP contribution < -0.4 is 5.32 Å². The molecule has 0 spiro atoms. The lowest BCUT2D eigenvalue weighted by Crippen LogP contribution is -2.49. The van der Waals surface area contributed by atoms with E-state index >= 15 is 0 Å². The summed E-state index contributed by atoms with van der Waals surface area (Å²) in [6, 6.07) is 2.02. The average Bonchev–Trinajstić information content (AvgIpc) is 2.10. The molecular formula is C11H21N3O. The number of nitriles is 1. The van der Waals surface area contributed by atoms with Gasteiger partial charge in [0.2, 0.25) is 0 Å². The molecule has 1 unspecified atom stereocenters. The minimum absolute atomic E-state index is 0.105. The van der Waals surface area contributed by atoms with E-state index in [4.69, 9.17) is 5.26 Å². The third-order valence-electron chi connectivity index (χ3n) is 1.87. The summed E-state index contributed by atoms with van der Waals surface area (Å²) in [6.45, 7) is 10.6. The molecule has 0 aliphatic rings. The van der Waals surface area contributed by atoms with Crippen LogP contribution >= 0.6 is 0 Å².